The molecule has 3 aromatic rings. The number of ether oxygens (including phenoxy) is 1. The van der Waals surface area contributed by atoms with Crippen LogP contribution in [-0.2, 0) is 16.9 Å². The molecule has 0 unspecified atom stereocenters. The van der Waals surface area contributed by atoms with Crippen LogP contribution in [-0.4, -0.2) is 34.4 Å². The number of nitro groups is 1. The van der Waals surface area contributed by atoms with Crippen molar-refractivity contribution >= 4 is 39.1 Å². The van der Waals surface area contributed by atoms with Gasteiger partial charge in [-0.3, -0.25) is 19.8 Å². The average Bonchev–Trinajstić information content (AvgIpc) is 3.52. The Morgan fingerprint density at radius 3 is 2.69 bits per heavy atom. The summed E-state index contributed by atoms with van der Waals surface area (Å²) >= 11 is 10.1. The predicted octanol–water partition coefficient (Wildman–Crippen LogP) is 5.74. The van der Waals surface area contributed by atoms with Crippen LogP contribution < -0.4 is 10.1 Å². The molecule has 9 heteroatoms. The van der Waals surface area contributed by atoms with Crippen molar-refractivity contribution in [1.29, 1.82) is 0 Å². The highest BCUT2D eigenvalue weighted by Gasteiger charge is 2.73. The van der Waals surface area contributed by atoms with Crippen LogP contribution in [0.4, 0.5) is 5.69 Å². The first-order valence-electron chi connectivity index (χ1n) is 11.9. The van der Waals surface area contributed by atoms with Crippen LogP contribution in [0, 0.1) is 10.1 Å². The lowest BCUT2D eigenvalue weighted by Gasteiger charge is -2.32. The smallest absolute Gasteiger partial charge is 0.256 e. The van der Waals surface area contributed by atoms with E-state index in [9.17, 15) is 14.9 Å². The first kappa shape index (κ1) is 23.5. The van der Waals surface area contributed by atoms with Gasteiger partial charge in [-0.15, -0.1) is 0 Å². The number of nitrogens with zero attached hydrogens (tertiary/aromatic N) is 2. The monoisotopic (exact) mass is 567 g/mol. The average molecular weight is 569 g/mol. The van der Waals surface area contributed by atoms with E-state index < -0.39 is 17.5 Å². The van der Waals surface area contributed by atoms with Gasteiger partial charge in [0.05, 0.1) is 10.9 Å². The standard InChI is InChI=1S/C27H23BrClN3O4/c28-18-10-7-16(8-11-18)15-36-23-12-9-17(14-20(23)29)24-22-6-3-13-31(22)27(25(24)32(34)35)19-4-1-2-5-21(19)30-26(27)33/h1-2,4-5,7-12,14,22,24-25H,3,6,13,15H2,(H,30,33)/t22-,24+,25-,27+/m1/s1. The number of nitrogens with one attached hydrogen (secondary N) is 1. The van der Waals surface area contributed by atoms with Crippen LogP contribution in [0.1, 0.15) is 35.4 Å². The molecule has 1 amide bonds. The van der Waals surface area contributed by atoms with Gasteiger partial charge in [0.2, 0.25) is 0 Å². The Kier molecular flexibility index (Phi) is 5.78. The summed E-state index contributed by atoms with van der Waals surface area (Å²) in [6.07, 6.45) is 1.66. The second-order valence-corrected chi connectivity index (χ2v) is 10.9. The van der Waals surface area contributed by atoms with E-state index in [4.69, 9.17) is 16.3 Å². The molecule has 6 rings (SSSR count). The number of hydrogen-bond acceptors (Lipinski definition) is 5. The molecule has 0 aromatic heterocycles. The highest BCUT2D eigenvalue weighted by atomic mass is 79.9. The maximum absolute atomic E-state index is 13.5. The van der Waals surface area contributed by atoms with E-state index in [1.165, 1.54) is 0 Å². The number of anilines is 1. The molecule has 0 radical (unpaired) electrons. The number of fused-ring (bicyclic) bond motifs is 4. The van der Waals surface area contributed by atoms with Crippen molar-refractivity contribution in [2.24, 2.45) is 0 Å². The van der Waals surface area contributed by atoms with Gasteiger partial charge in [0.25, 0.3) is 11.9 Å². The van der Waals surface area contributed by atoms with E-state index in [1.807, 2.05) is 54.6 Å². The predicted molar refractivity (Wildman–Crippen MR) is 140 cm³/mol. The second kappa shape index (κ2) is 8.87. The zero-order chi connectivity index (χ0) is 25.0. The third-order valence-corrected chi connectivity index (χ3v) is 8.57. The molecule has 7 nitrogen and oxygen atoms in total. The van der Waals surface area contributed by atoms with E-state index in [0.717, 1.165) is 28.4 Å². The SMILES string of the molecule is O=C1Nc2ccccc2[C@]12[C@H]([N+](=O)[O-])[C@@H](c1ccc(OCc3ccc(Br)cc3)c(Cl)c1)[C@H]1CCCN12. The zero-order valence-electron chi connectivity index (χ0n) is 19.2. The fourth-order valence-corrected chi connectivity index (χ4v) is 6.87. The molecule has 1 N–H and O–H groups in total. The molecule has 4 atom stereocenters. The summed E-state index contributed by atoms with van der Waals surface area (Å²) in [6.45, 7) is 0.985. The lowest BCUT2D eigenvalue weighted by atomic mass is 9.77. The van der Waals surface area contributed by atoms with Gasteiger partial charge in [-0.05, 0) is 54.3 Å². The van der Waals surface area contributed by atoms with Crippen LogP contribution >= 0.6 is 27.5 Å². The quantitative estimate of drug-likeness (QED) is 0.314. The van der Waals surface area contributed by atoms with Crippen LogP contribution in [0.3, 0.4) is 0 Å². The molecular weight excluding hydrogens is 546 g/mol. The van der Waals surface area contributed by atoms with Crippen molar-refractivity contribution in [2.45, 2.75) is 43.0 Å². The largest absolute Gasteiger partial charge is 0.487 e. The molecule has 184 valence electrons. The molecule has 0 aliphatic carbocycles. The van der Waals surface area contributed by atoms with Gasteiger partial charge in [-0.2, -0.15) is 0 Å². The maximum atomic E-state index is 13.5. The summed E-state index contributed by atoms with van der Waals surface area (Å²) < 4.78 is 6.93. The molecule has 36 heavy (non-hydrogen) atoms. The molecule has 3 aliphatic rings. The number of amides is 1. The van der Waals surface area contributed by atoms with Crippen LogP contribution in [0.25, 0.3) is 0 Å². The van der Waals surface area contributed by atoms with Crippen molar-refractivity contribution in [3.05, 3.63) is 103 Å². The highest BCUT2D eigenvalue weighted by molar-refractivity contribution is 9.10. The molecule has 0 bridgehead atoms. The Bertz CT molecular complexity index is 1370. The van der Waals surface area contributed by atoms with Gasteiger partial charge in [0, 0.05) is 33.2 Å². The normalized spacial score (nSPS) is 26.6. The molecule has 3 aromatic carbocycles. The summed E-state index contributed by atoms with van der Waals surface area (Å²) in [6, 6.07) is 19.3. The lowest BCUT2D eigenvalue weighted by molar-refractivity contribution is -0.534. The lowest BCUT2D eigenvalue weighted by Crippen LogP contribution is -2.55. The molecule has 3 aliphatic heterocycles. The molecule has 2 fully saturated rings. The Morgan fingerprint density at radius 1 is 1.17 bits per heavy atom. The third kappa shape index (κ3) is 3.46. The van der Waals surface area contributed by atoms with E-state index in [2.05, 4.69) is 26.1 Å². The number of carbonyl (C=O) groups excluding carboxylic acids is 1. The van der Waals surface area contributed by atoms with Gasteiger partial charge in [-0.1, -0.05) is 63.9 Å². The summed E-state index contributed by atoms with van der Waals surface area (Å²) in [5.41, 5.74) is 1.75. The molecule has 3 heterocycles. The molecule has 2 saturated heterocycles. The van der Waals surface area contributed by atoms with Crippen molar-refractivity contribution < 1.29 is 14.5 Å². The first-order chi connectivity index (χ1) is 17.4. The minimum Gasteiger partial charge on any atom is -0.487 e. The fourth-order valence-electron chi connectivity index (χ4n) is 6.36. The van der Waals surface area contributed by atoms with E-state index >= 15 is 0 Å². The van der Waals surface area contributed by atoms with Gasteiger partial charge in [0.15, 0.2) is 5.54 Å². The minimum absolute atomic E-state index is 0.136. The van der Waals surface area contributed by atoms with E-state index in [0.29, 0.717) is 35.2 Å². The maximum Gasteiger partial charge on any atom is 0.256 e. The Morgan fingerprint density at radius 2 is 1.94 bits per heavy atom. The second-order valence-electron chi connectivity index (χ2n) is 9.53. The van der Waals surface area contributed by atoms with Gasteiger partial charge in [-0.25, -0.2) is 0 Å². The number of para-hydroxylation sites is 1. The summed E-state index contributed by atoms with van der Waals surface area (Å²) in [5, 5.41) is 16.0. The van der Waals surface area contributed by atoms with Crippen LogP contribution in [0.15, 0.2) is 71.2 Å². The van der Waals surface area contributed by atoms with E-state index in [1.54, 1.807) is 12.1 Å². The molecule has 1 spiro atoms. The van der Waals surface area contributed by atoms with Crippen molar-refractivity contribution in [3.8, 4) is 5.75 Å². The first-order valence-corrected chi connectivity index (χ1v) is 13.1. The molecular formula is C27H23BrClN3O4. The number of hydrogen-bond donors (Lipinski definition) is 1. The third-order valence-electron chi connectivity index (χ3n) is 7.74. The van der Waals surface area contributed by atoms with Crippen molar-refractivity contribution in [2.75, 3.05) is 11.9 Å². The fraction of sp³-hybridized carbons (Fsp3) is 0.296. The summed E-state index contributed by atoms with van der Waals surface area (Å²) in [4.78, 5) is 28.1. The Hall–Kier alpha value is -2.94. The minimum atomic E-state index is -1.34. The highest BCUT2D eigenvalue weighted by Crippen LogP contribution is 2.58. The van der Waals surface area contributed by atoms with Crippen LogP contribution in [0.2, 0.25) is 5.02 Å². The van der Waals surface area contributed by atoms with E-state index in [-0.39, 0.29) is 16.9 Å². The number of halogens is 2. The zero-order valence-corrected chi connectivity index (χ0v) is 21.5. The van der Waals surface area contributed by atoms with Gasteiger partial charge in [0.1, 0.15) is 12.4 Å². The Labute approximate surface area is 221 Å². The number of benzene rings is 3. The molecule has 0 saturated carbocycles. The number of carbonyl (C=O) groups is 1. The van der Waals surface area contributed by atoms with Crippen LogP contribution in [0.5, 0.6) is 5.75 Å². The topological polar surface area (TPSA) is 84.7 Å². The summed E-state index contributed by atoms with van der Waals surface area (Å²) in [7, 11) is 0. The Balaban J connectivity index is 1.37. The number of rotatable bonds is 5. The van der Waals surface area contributed by atoms with Crippen molar-refractivity contribution in [1.82, 2.24) is 4.90 Å². The van der Waals surface area contributed by atoms with Crippen molar-refractivity contribution in [3.63, 3.8) is 0 Å². The van der Waals surface area contributed by atoms with Gasteiger partial charge < -0.3 is 10.1 Å². The van der Waals surface area contributed by atoms with Gasteiger partial charge >= 0.3 is 0 Å². The summed E-state index contributed by atoms with van der Waals surface area (Å²) in [5.74, 6) is -0.293.